The van der Waals surface area contributed by atoms with Gasteiger partial charge in [-0.25, -0.2) is 0 Å². The second-order valence-electron chi connectivity index (χ2n) is 5.03. The minimum Gasteiger partial charge on any atom is -0.467 e. The molecule has 0 aliphatic carbocycles. The zero-order chi connectivity index (χ0) is 13.1. The lowest BCUT2D eigenvalue weighted by molar-refractivity contribution is -0.124. The Morgan fingerprint density at radius 3 is 2.65 bits per heavy atom. The average molecular weight is 303 g/mol. The van der Waals surface area contributed by atoms with Gasteiger partial charge in [0.05, 0.1) is 23.3 Å². The van der Waals surface area contributed by atoms with E-state index in [9.17, 15) is 4.79 Å². The molecule has 0 fully saturated rings. The number of carbonyl (C=O) groups excluding carboxylic acids is 1. The summed E-state index contributed by atoms with van der Waals surface area (Å²) in [5, 5.41) is 6.03. The number of amides is 1. The van der Waals surface area contributed by atoms with Crippen LogP contribution in [0.2, 0.25) is 0 Å². The van der Waals surface area contributed by atoms with Crippen LogP contribution >= 0.6 is 15.9 Å². The van der Waals surface area contributed by atoms with Crippen molar-refractivity contribution in [3.8, 4) is 0 Å². The Morgan fingerprint density at radius 2 is 2.18 bits per heavy atom. The van der Waals surface area contributed by atoms with Gasteiger partial charge in [-0.05, 0) is 49.7 Å². The van der Waals surface area contributed by atoms with Crippen molar-refractivity contribution in [1.29, 1.82) is 0 Å². The highest BCUT2D eigenvalue weighted by Gasteiger charge is 2.19. The number of carbonyl (C=O) groups is 1. The summed E-state index contributed by atoms with van der Waals surface area (Å²) < 4.78 is 6.16. The lowest BCUT2D eigenvalue weighted by Crippen LogP contribution is -2.49. The summed E-state index contributed by atoms with van der Waals surface area (Å²) in [6.07, 6.45) is 1.61. The van der Waals surface area contributed by atoms with Crippen molar-refractivity contribution in [2.45, 2.75) is 45.8 Å². The maximum absolute atomic E-state index is 11.8. The lowest BCUT2D eigenvalue weighted by Gasteiger charge is -2.23. The second kappa shape index (κ2) is 5.69. The number of hydrogen-bond donors (Lipinski definition) is 2. The molecule has 1 heterocycles. The maximum atomic E-state index is 11.8. The van der Waals surface area contributed by atoms with Gasteiger partial charge >= 0.3 is 0 Å². The molecular formula is C12H19BrN2O2. The average Bonchev–Trinajstić information content (AvgIpc) is 2.57. The van der Waals surface area contributed by atoms with Crippen molar-refractivity contribution in [2.75, 3.05) is 0 Å². The monoisotopic (exact) mass is 302 g/mol. The molecule has 1 amide bonds. The van der Waals surface area contributed by atoms with Crippen LogP contribution in [0.5, 0.6) is 0 Å². The fourth-order valence-corrected chi connectivity index (χ4v) is 1.61. The van der Waals surface area contributed by atoms with Crippen LogP contribution in [-0.2, 0) is 11.3 Å². The molecular weight excluding hydrogens is 284 g/mol. The molecule has 1 aromatic heterocycles. The highest BCUT2D eigenvalue weighted by atomic mass is 79.9. The van der Waals surface area contributed by atoms with Crippen molar-refractivity contribution in [1.82, 2.24) is 10.6 Å². The smallest absolute Gasteiger partial charge is 0.237 e. The molecule has 0 saturated heterocycles. The molecule has 0 spiro atoms. The van der Waals surface area contributed by atoms with Gasteiger partial charge in [0.15, 0.2) is 0 Å². The van der Waals surface area contributed by atoms with Gasteiger partial charge in [0, 0.05) is 5.54 Å². The van der Waals surface area contributed by atoms with E-state index in [1.54, 1.807) is 6.26 Å². The van der Waals surface area contributed by atoms with E-state index in [4.69, 9.17) is 4.42 Å². The third-order valence-electron chi connectivity index (χ3n) is 2.15. The first-order valence-electron chi connectivity index (χ1n) is 5.57. The Hall–Kier alpha value is -0.810. The summed E-state index contributed by atoms with van der Waals surface area (Å²) >= 11 is 3.37. The number of hydrogen-bond acceptors (Lipinski definition) is 3. The van der Waals surface area contributed by atoms with Gasteiger partial charge in [-0.2, -0.15) is 0 Å². The van der Waals surface area contributed by atoms with Crippen LogP contribution in [0.1, 0.15) is 33.5 Å². The van der Waals surface area contributed by atoms with Crippen LogP contribution in [0.15, 0.2) is 21.2 Å². The van der Waals surface area contributed by atoms with Gasteiger partial charge in [0.25, 0.3) is 0 Å². The molecule has 1 atom stereocenters. The van der Waals surface area contributed by atoms with Gasteiger partial charge in [-0.15, -0.1) is 0 Å². The molecule has 1 rings (SSSR count). The first kappa shape index (κ1) is 14.3. The Morgan fingerprint density at radius 1 is 1.53 bits per heavy atom. The molecule has 2 N–H and O–H groups in total. The van der Waals surface area contributed by atoms with Gasteiger partial charge < -0.3 is 9.73 Å². The van der Waals surface area contributed by atoms with Crippen molar-refractivity contribution in [3.05, 3.63) is 22.6 Å². The van der Waals surface area contributed by atoms with Gasteiger partial charge in [-0.1, -0.05) is 0 Å². The van der Waals surface area contributed by atoms with E-state index < -0.39 is 0 Å². The van der Waals surface area contributed by atoms with Gasteiger partial charge in [0.2, 0.25) is 5.91 Å². The molecule has 0 bridgehead atoms. The van der Waals surface area contributed by atoms with E-state index in [0.717, 1.165) is 10.2 Å². The Bertz CT molecular complexity index is 382. The zero-order valence-electron chi connectivity index (χ0n) is 10.6. The number of nitrogens with one attached hydrogen (secondary N) is 2. The van der Waals surface area contributed by atoms with Gasteiger partial charge in [-0.3, -0.25) is 10.1 Å². The SMILES string of the molecule is CC(NCc1occc1Br)C(=O)NC(C)(C)C. The summed E-state index contributed by atoms with van der Waals surface area (Å²) in [5.74, 6) is 0.778. The van der Waals surface area contributed by atoms with E-state index in [2.05, 4.69) is 26.6 Å². The normalized spacial score (nSPS) is 13.5. The number of rotatable bonds is 4. The third kappa shape index (κ3) is 4.91. The molecule has 1 aromatic rings. The molecule has 0 aromatic carbocycles. The zero-order valence-corrected chi connectivity index (χ0v) is 12.2. The van der Waals surface area contributed by atoms with Crippen molar-refractivity contribution >= 4 is 21.8 Å². The highest BCUT2D eigenvalue weighted by molar-refractivity contribution is 9.10. The fourth-order valence-electron chi connectivity index (χ4n) is 1.27. The van der Waals surface area contributed by atoms with Crippen LogP contribution < -0.4 is 10.6 Å². The second-order valence-corrected chi connectivity index (χ2v) is 5.89. The first-order valence-corrected chi connectivity index (χ1v) is 6.36. The van der Waals surface area contributed by atoms with Crippen LogP contribution in [-0.4, -0.2) is 17.5 Å². The molecule has 1 unspecified atom stereocenters. The highest BCUT2D eigenvalue weighted by Crippen LogP contribution is 2.17. The molecule has 0 saturated carbocycles. The molecule has 0 aliphatic heterocycles. The van der Waals surface area contributed by atoms with Crippen molar-refractivity contribution in [2.24, 2.45) is 0 Å². The maximum Gasteiger partial charge on any atom is 0.237 e. The van der Waals surface area contributed by atoms with Crippen LogP contribution in [0.25, 0.3) is 0 Å². The molecule has 0 radical (unpaired) electrons. The fraction of sp³-hybridized carbons (Fsp3) is 0.583. The summed E-state index contributed by atoms with van der Waals surface area (Å²) in [6.45, 7) is 8.23. The molecule has 96 valence electrons. The molecule has 5 heteroatoms. The van der Waals surface area contributed by atoms with Crippen LogP contribution in [0.4, 0.5) is 0 Å². The third-order valence-corrected chi connectivity index (χ3v) is 2.86. The standard InChI is InChI=1S/C12H19BrN2O2/c1-8(11(16)15-12(2,3)4)14-7-10-9(13)5-6-17-10/h5-6,8,14H,7H2,1-4H3,(H,15,16). The predicted molar refractivity (Wildman–Crippen MR) is 70.6 cm³/mol. The Kier molecular flexibility index (Phi) is 4.77. The minimum absolute atomic E-state index is 0.0137. The van der Waals surface area contributed by atoms with Crippen molar-refractivity contribution in [3.63, 3.8) is 0 Å². The Labute approximate surface area is 110 Å². The van der Waals surface area contributed by atoms with E-state index in [1.807, 2.05) is 33.8 Å². The molecule has 0 aliphatic rings. The summed E-state index contributed by atoms with van der Waals surface area (Å²) in [7, 11) is 0. The van der Waals surface area contributed by atoms with E-state index >= 15 is 0 Å². The van der Waals surface area contributed by atoms with E-state index in [-0.39, 0.29) is 17.5 Å². The largest absolute Gasteiger partial charge is 0.467 e. The molecule has 17 heavy (non-hydrogen) atoms. The molecule has 4 nitrogen and oxygen atoms in total. The summed E-state index contributed by atoms with van der Waals surface area (Å²) in [5.41, 5.74) is -0.210. The summed E-state index contributed by atoms with van der Waals surface area (Å²) in [6, 6.07) is 1.57. The van der Waals surface area contributed by atoms with Crippen molar-refractivity contribution < 1.29 is 9.21 Å². The quantitative estimate of drug-likeness (QED) is 0.898. The summed E-state index contributed by atoms with van der Waals surface area (Å²) in [4.78, 5) is 11.8. The topological polar surface area (TPSA) is 54.3 Å². The number of furan rings is 1. The van der Waals surface area contributed by atoms with Crippen LogP contribution in [0, 0.1) is 0 Å². The van der Waals surface area contributed by atoms with Crippen LogP contribution in [0.3, 0.4) is 0 Å². The van der Waals surface area contributed by atoms with Gasteiger partial charge in [0.1, 0.15) is 5.76 Å². The Balaban J connectivity index is 2.42. The minimum atomic E-state index is -0.258. The van der Waals surface area contributed by atoms with E-state index in [0.29, 0.717) is 6.54 Å². The lowest BCUT2D eigenvalue weighted by atomic mass is 10.1. The first-order chi connectivity index (χ1) is 7.79. The van der Waals surface area contributed by atoms with E-state index in [1.165, 1.54) is 0 Å². The predicted octanol–water partition coefficient (Wildman–Crippen LogP) is 2.43. The number of halogens is 1.